The quantitative estimate of drug-likeness (QED) is 0.893. The number of nitrogens with one attached hydrogen (secondary N) is 1. The fourth-order valence-electron chi connectivity index (χ4n) is 3.81. The molecule has 2 saturated heterocycles. The normalized spacial score (nSPS) is 29.7. The van der Waals surface area contributed by atoms with E-state index >= 15 is 0 Å². The first kappa shape index (κ1) is 13.1. The van der Waals surface area contributed by atoms with Crippen molar-refractivity contribution in [3.63, 3.8) is 0 Å². The summed E-state index contributed by atoms with van der Waals surface area (Å²) in [6.45, 7) is 6.10. The lowest BCUT2D eigenvalue weighted by atomic mass is 9.99. The van der Waals surface area contributed by atoms with E-state index in [-0.39, 0.29) is 0 Å². The maximum atomic E-state index is 3.70. The highest BCUT2D eigenvalue weighted by Crippen LogP contribution is 2.27. The molecule has 0 amide bonds. The second kappa shape index (κ2) is 6.06. The van der Waals surface area contributed by atoms with Crippen molar-refractivity contribution in [1.82, 2.24) is 10.2 Å². The molecule has 2 aliphatic rings. The lowest BCUT2D eigenvalue weighted by molar-refractivity contribution is 0.205. The second-order valence-electron chi connectivity index (χ2n) is 6.22. The van der Waals surface area contributed by atoms with Crippen LogP contribution in [0.25, 0.3) is 0 Å². The van der Waals surface area contributed by atoms with E-state index in [9.17, 15) is 0 Å². The van der Waals surface area contributed by atoms with Crippen molar-refractivity contribution >= 4 is 0 Å². The maximum Gasteiger partial charge on any atom is 0.0250 e. The fourth-order valence-corrected chi connectivity index (χ4v) is 3.81. The molecule has 3 unspecified atom stereocenters. The smallest absolute Gasteiger partial charge is 0.0250 e. The Morgan fingerprint density at radius 1 is 1.21 bits per heavy atom. The van der Waals surface area contributed by atoms with E-state index in [1.807, 2.05) is 0 Å². The van der Waals surface area contributed by atoms with Crippen molar-refractivity contribution in [3.8, 4) is 0 Å². The van der Waals surface area contributed by atoms with Gasteiger partial charge in [0.05, 0.1) is 0 Å². The van der Waals surface area contributed by atoms with Crippen LogP contribution in [0.2, 0.25) is 0 Å². The highest BCUT2D eigenvalue weighted by molar-refractivity contribution is 5.19. The number of nitrogens with zero attached hydrogens (tertiary/aromatic N) is 1. The molecule has 0 radical (unpaired) electrons. The Kier molecular flexibility index (Phi) is 4.19. The van der Waals surface area contributed by atoms with Crippen molar-refractivity contribution in [3.05, 3.63) is 35.9 Å². The van der Waals surface area contributed by atoms with Gasteiger partial charge >= 0.3 is 0 Å². The Bertz CT molecular complexity index is 384. The van der Waals surface area contributed by atoms with Crippen molar-refractivity contribution in [1.29, 1.82) is 0 Å². The molecule has 3 atom stereocenters. The van der Waals surface area contributed by atoms with Gasteiger partial charge in [0.15, 0.2) is 0 Å². The minimum atomic E-state index is 0.642. The van der Waals surface area contributed by atoms with Crippen LogP contribution in [0.15, 0.2) is 30.3 Å². The molecule has 0 bridgehead atoms. The van der Waals surface area contributed by atoms with Gasteiger partial charge in [0.2, 0.25) is 0 Å². The largest absolute Gasteiger partial charge is 0.312 e. The molecule has 2 heterocycles. The Morgan fingerprint density at radius 3 is 2.79 bits per heavy atom. The molecule has 0 aromatic heterocycles. The zero-order valence-electron chi connectivity index (χ0n) is 12.0. The van der Waals surface area contributed by atoms with Crippen LogP contribution in [-0.4, -0.2) is 36.6 Å². The van der Waals surface area contributed by atoms with E-state index in [1.54, 1.807) is 0 Å². The molecule has 0 saturated carbocycles. The molecular weight excluding hydrogens is 232 g/mol. The summed E-state index contributed by atoms with van der Waals surface area (Å²) in [5.74, 6) is 0.642. The molecular formula is C17H26N2. The van der Waals surface area contributed by atoms with Crippen LogP contribution >= 0.6 is 0 Å². The van der Waals surface area contributed by atoms with Crippen LogP contribution in [0.5, 0.6) is 0 Å². The van der Waals surface area contributed by atoms with E-state index in [0.717, 1.165) is 12.1 Å². The van der Waals surface area contributed by atoms with Gasteiger partial charge in [-0.3, -0.25) is 4.90 Å². The first-order valence-electron chi connectivity index (χ1n) is 7.87. The molecule has 3 rings (SSSR count). The SMILES string of the molecule is CC(CN1CCCC1C1CCCN1)c1ccccc1. The number of rotatable bonds is 4. The third-order valence-corrected chi connectivity index (χ3v) is 4.85. The summed E-state index contributed by atoms with van der Waals surface area (Å²) >= 11 is 0. The summed E-state index contributed by atoms with van der Waals surface area (Å²) in [5, 5.41) is 3.70. The molecule has 1 N–H and O–H groups in total. The van der Waals surface area contributed by atoms with E-state index in [2.05, 4.69) is 47.5 Å². The predicted molar refractivity (Wildman–Crippen MR) is 80.5 cm³/mol. The Balaban J connectivity index is 1.62. The summed E-state index contributed by atoms with van der Waals surface area (Å²) < 4.78 is 0. The van der Waals surface area contributed by atoms with Crippen LogP contribution in [0.1, 0.15) is 44.1 Å². The molecule has 104 valence electrons. The molecule has 2 nitrogen and oxygen atoms in total. The van der Waals surface area contributed by atoms with Crippen molar-refractivity contribution < 1.29 is 0 Å². The van der Waals surface area contributed by atoms with Gasteiger partial charge in [0.1, 0.15) is 0 Å². The van der Waals surface area contributed by atoms with Gasteiger partial charge in [-0.05, 0) is 50.3 Å². The van der Waals surface area contributed by atoms with Crippen LogP contribution in [-0.2, 0) is 0 Å². The summed E-state index contributed by atoms with van der Waals surface area (Å²) in [7, 11) is 0. The van der Waals surface area contributed by atoms with E-state index < -0.39 is 0 Å². The third kappa shape index (κ3) is 3.01. The topological polar surface area (TPSA) is 15.3 Å². The number of benzene rings is 1. The molecule has 1 aromatic rings. The molecule has 1 aromatic carbocycles. The molecule has 2 fully saturated rings. The number of likely N-dealkylation sites (tertiary alicyclic amines) is 1. The Hall–Kier alpha value is -0.860. The highest BCUT2D eigenvalue weighted by atomic mass is 15.2. The monoisotopic (exact) mass is 258 g/mol. The van der Waals surface area contributed by atoms with E-state index in [0.29, 0.717) is 5.92 Å². The van der Waals surface area contributed by atoms with Gasteiger partial charge < -0.3 is 5.32 Å². The molecule has 2 aliphatic heterocycles. The summed E-state index contributed by atoms with van der Waals surface area (Å²) in [4.78, 5) is 2.74. The number of hydrogen-bond donors (Lipinski definition) is 1. The van der Waals surface area contributed by atoms with Crippen LogP contribution in [0, 0.1) is 0 Å². The second-order valence-corrected chi connectivity index (χ2v) is 6.22. The van der Waals surface area contributed by atoms with Crippen molar-refractivity contribution in [2.45, 2.75) is 50.6 Å². The van der Waals surface area contributed by atoms with Gasteiger partial charge in [0.25, 0.3) is 0 Å². The highest BCUT2D eigenvalue weighted by Gasteiger charge is 2.33. The minimum Gasteiger partial charge on any atom is -0.312 e. The summed E-state index contributed by atoms with van der Waals surface area (Å²) in [5.41, 5.74) is 1.48. The Labute approximate surface area is 117 Å². The van der Waals surface area contributed by atoms with Gasteiger partial charge in [0, 0.05) is 18.6 Å². The fraction of sp³-hybridized carbons (Fsp3) is 0.647. The molecule has 19 heavy (non-hydrogen) atoms. The van der Waals surface area contributed by atoms with E-state index in [4.69, 9.17) is 0 Å². The zero-order valence-corrected chi connectivity index (χ0v) is 12.0. The van der Waals surface area contributed by atoms with Gasteiger partial charge in [-0.25, -0.2) is 0 Å². The Morgan fingerprint density at radius 2 is 2.05 bits per heavy atom. The lowest BCUT2D eigenvalue weighted by Gasteiger charge is -2.31. The van der Waals surface area contributed by atoms with E-state index in [1.165, 1.54) is 50.9 Å². The minimum absolute atomic E-state index is 0.642. The standard InChI is InChI=1S/C17H26N2/c1-14(15-7-3-2-4-8-15)13-19-12-6-10-17(19)16-9-5-11-18-16/h2-4,7-8,14,16-18H,5-6,9-13H2,1H3. The average Bonchev–Trinajstić information content (AvgIpc) is 3.10. The van der Waals surface area contributed by atoms with Crippen LogP contribution < -0.4 is 5.32 Å². The zero-order chi connectivity index (χ0) is 13.1. The average molecular weight is 258 g/mol. The summed E-state index contributed by atoms with van der Waals surface area (Å²) in [6, 6.07) is 12.5. The summed E-state index contributed by atoms with van der Waals surface area (Å²) in [6.07, 6.45) is 5.51. The van der Waals surface area contributed by atoms with Gasteiger partial charge in [-0.1, -0.05) is 37.3 Å². The molecule has 0 aliphatic carbocycles. The maximum absolute atomic E-state index is 3.70. The van der Waals surface area contributed by atoms with Gasteiger partial charge in [-0.15, -0.1) is 0 Å². The first-order chi connectivity index (χ1) is 9.34. The number of hydrogen-bond acceptors (Lipinski definition) is 2. The third-order valence-electron chi connectivity index (χ3n) is 4.85. The van der Waals surface area contributed by atoms with Crippen molar-refractivity contribution in [2.75, 3.05) is 19.6 Å². The molecule has 2 heteroatoms. The van der Waals surface area contributed by atoms with Crippen LogP contribution in [0.4, 0.5) is 0 Å². The predicted octanol–water partition coefficient (Wildman–Crippen LogP) is 3.01. The van der Waals surface area contributed by atoms with Gasteiger partial charge in [-0.2, -0.15) is 0 Å². The first-order valence-corrected chi connectivity index (χ1v) is 7.87. The van der Waals surface area contributed by atoms with Crippen LogP contribution in [0.3, 0.4) is 0 Å². The molecule has 0 spiro atoms. The van der Waals surface area contributed by atoms with Crippen molar-refractivity contribution in [2.24, 2.45) is 0 Å². The lowest BCUT2D eigenvalue weighted by Crippen LogP contribution is -2.45.